The Morgan fingerprint density at radius 1 is 1.43 bits per heavy atom. The Bertz CT molecular complexity index is 479. The third kappa shape index (κ3) is 4.10. The number of aromatic nitrogens is 1. The summed E-state index contributed by atoms with van der Waals surface area (Å²) in [5.74, 6) is 0.0616. The molecule has 0 aromatic carbocycles. The molecule has 0 bridgehead atoms. The van der Waals surface area contributed by atoms with Crippen LogP contribution in [0.4, 0.5) is 19.0 Å². The van der Waals surface area contributed by atoms with Gasteiger partial charge in [-0.2, -0.15) is 13.2 Å². The summed E-state index contributed by atoms with van der Waals surface area (Å²) in [5, 5.41) is 3.06. The van der Waals surface area contributed by atoms with Crippen LogP contribution in [-0.2, 0) is 6.18 Å². The van der Waals surface area contributed by atoms with Gasteiger partial charge in [-0.25, -0.2) is 4.98 Å². The molecule has 3 nitrogen and oxygen atoms in total. The van der Waals surface area contributed by atoms with E-state index in [0.717, 1.165) is 38.3 Å². The zero-order valence-electron chi connectivity index (χ0n) is 11.9. The predicted octanol–water partition coefficient (Wildman–Crippen LogP) is 3.83. The van der Waals surface area contributed by atoms with Crippen molar-refractivity contribution in [1.82, 2.24) is 10.3 Å². The normalized spacial score (nSPS) is 19.9. The number of nitrogens with one attached hydrogen (secondary N) is 1. The van der Waals surface area contributed by atoms with Gasteiger partial charge in [-0.3, -0.25) is 0 Å². The lowest BCUT2D eigenvalue weighted by molar-refractivity contribution is -0.137. The van der Waals surface area contributed by atoms with Gasteiger partial charge in [-0.1, -0.05) is 0 Å². The van der Waals surface area contributed by atoms with Gasteiger partial charge in [0.2, 0.25) is 0 Å². The van der Waals surface area contributed by atoms with E-state index in [1.165, 1.54) is 6.20 Å². The van der Waals surface area contributed by atoms with Crippen LogP contribution < -0.4 is 10.2 Å². The van der Waals surface area contributed by atoms with Crippen LogP contribution >= 0.6 is 15.9 Å². The molecule has 21 heavy (non-hydrogen) atoms. The van der Waals surface area contributed by atoms with Crippen LogP contribution in [0.1, 0.15) is 31.2 Å². The van der Waals surface area contributed by atoms with E-state index in [9.17, 15) is 13.2 Å². The molecule has 1 unspecified atom stereocenters. The largest absolute Gasteiger partial charge is 0.419 e. The van der Waals surface area contributed by atoms with Crippen molar-refractivity contribution in [2.75, 3.05) is 25.0 Å². The number of hydrogen-bond donors (Lipinski definition) is 1. The van der Waals surface area contributed by atoms with Gasteiger partial charge in [0.1, 0.15) is 5.82 Å². The average molecular weight is 366 g/mol. The molecular formula is C14H19BrF3N3. The van der Waals surface area contributed by atoms with Crippen LogP contribution in [0.15, 0.2) is 16.7 Å². The first-order valence-electron chi connectivity index (χ1n) is 7.07. The van der Waals surface area contributed by atoms with E-state index >= 15 is 0 Å². The Balaban J connectivity index is 2.34. The van der Waals surface area contributed by atoms with Crippen LogP contribution in [0, 0.1) is 0 Å². The second-order valence-electron chi connectivity index (χ2n) is 5.26. The molecule has 2 heterocycles. The molecule has 1 aromatic rings. The average Bonchev–Trinajstić information content (AvgIpc) is 2.44. The lowest BCUT2D eigenvalue weighted by Crippen LogP contribution is -2.42. The first kappa shape index (κ1) is 16.5. The molecule has 0 radical (unpaired) electrons. The van der Waals surface area contributed by atoms with Crippen LogP contribution in [-0.4, -0.2) is 31.2 Å². The maximum absolute atomic E-state index is 13.3. The summed E-state index contributed by atoms with van der Waals surface area (Å²) in [5.41, 5.74) is -0.659. The number of piperidine rings is 1. The van der Waals surface area contributed by atoms with Crippen molar-refractivity contribution in [3.8, 4) is 0 Å². The number of pyridine rings is 1. The number of alkyl halides is 3. The molecule has 1 fully saturated rings. The van der Waals surface area contributed by atoms with Crippen molar-refractivity contribution in [3.63, 3.8) is 0 Å². The van der Waals surface area contributed by atoms with E-state index in [2.05, 4.69) is 26.2 Å². The monoisotopic (exact) mass is 365 g/mol. The third-order valence-corrected chi connectivity index (χ3v) is 4.20. The Hall–Kier alpha value is -0.820. The Morgan fingerprint density at radius 3 is 2.86 bits per heavy atom. The van der Waals surface area contributed by atoms with Gasteiger partial charge in [0.05, 0.1) is 5.56 Å². The van der Waals surface area contributed by atoms with E-state index in [4.69, 9.17) is 0 Å². The number of rotatable bonds is 4. The zero-order valence-corrected chi connectivity index (χ0v) is 13.5. The maximum Gasteiger partial charge on any atom is 0.419 e. The highest BCUT2D eigenvalue weighted by atomic mass is 79.9. The molecule has 2 rings (SSSR count). The van der Waals surface area contributed by atoms with Gasteiger partial charge in [0.25, 0.3) is 0 Å². The van der Waals surface area contributed by atoms with Crippen molar-refractivity contribution < 1.29 is 13.2 Å². The summed E-state index contributed by atoms with van der Waals surface area (Å²) in [4.78, 5) is 5.89. The summed E-state index contributed by atoms with van der Waals surface area (Å²) < 4.78 is 40.1. The van der Waals surface area contributed by atoms with Gasteiger partial charge >= 0.3 is 6.18 Å². The van der Waals surface area contributed by atoms with E-state index in [-0.39, 0.29) is 11.9 Å². The molecule has 1 atom stereocenters. The molecule has 7 heteroatoms. The molecule has 1 aliphatic rings. The van der Waals surface area contributed by atoms with Crippen LogP contribution in [0.3, 0.4) is 0 Å². The highest BCUT2D eigenvalue weighted by Crippen LogP contribution is 2.39. The minimum absolute atomic E-state index is 0.0616. The Kier molecular flexibility index (Phi) is 5.48. The summed E-state index contributed by atoms with van der Waals surface area (Å²) in [6.45, 7) is 1.42. The van der Waals surface area contributed by atoms with E-state index in [1.807, 2.05) is 11.9 Å². The van der Waals surface area contributed by atoms with Gasteiger partial charge in [-0.05, 0) is 61.3 Å². The SMILES string of the molecule is CNCCC1CCCCN1c1ncc(Br)cc1C(F)(F)F. The number of hydrogen-bond acceptors (Lipinski definition) is 3. The topological polar surface area (TPSA) is 28.2 Å². The molecule has 1 aromatic heterocycles. The third-order valence-electron chi connectivity index (χ3n) is 3.77. The lowest BCUT2D eigenvalue weighted by Gasteiger charge is -2.38. The standard InChI is InChI=1S/C14H19BrF3N3/c1-19-6-5-11-4-2-3-7-21(11)13-12(14(16,17)18)8-10(15)9-20-13/h8-9,11,19H,2-7H2,1H3. The molecule has 1 N–H and O–H groups in total. The number of anilines is 1. The van der Waals surface area contributed by atoms with Crippen LogP contribution in [0.5, 0.6) is 0 Å². The highest BCUT2D eigenvalue weighted by molar-refractivity contribution is 9.10. The fourth-order valence-electron chi connectivity index (χ4n) is 2.76. The molecule has 0 saturated carbocycles. The quantitative estimate of drug-likeness (QED) is 0.878. The molecule has 0 amide bonds. The molecule has 1 aliphatic heterocycles. The van der Waals surface area contributed by atoms with Crippen molar-refractivity contribution in [2.45, 2.75) is 37.9 Å². The lowest BCUT2D eigenvalue weighted by atomic mass is 9.98. The first-order valence-corrected chi connectivity index (χ1v) is 7.86. The van der Waals surface area contributed by atoms with Crippen molar-refractivity contribution in [2.24, 2.45) is 0 Å². The predicted molar refractivity (Wildman–Crippen MR) is 80.5 cm³/mol. The zero-order chi connectivity index (χ0) is 15.5. The van der Waals surface area contributed by atoms with Gasteiger partial charge in [0.15, 0.2) is 0 Å². The van der Waals surface area contributed by atoms with E-state index in [1.54, 1.807) is 0 Å². The smallest absolute Gasteiger partial charge is 0.353 e. The molecule has 118 valence electrons. The van der Waals surface area contributed by atoms with E-state index < -0.39 is 11.7 Å². The van der Waals surface area contributed by atoms with Gasteiger partial charge in [0, 0.05) is 23.3 Å². The summed E-state index contributed by atoms with van der Waals surface area (Å²) in [6, 6.07) is 1.23. The van der Waals surface area contributed by atoms with Crippen LogP contribution in [0.2, 0.25) is 0 Å². The second kappa shape index (κ2) is 6.96. The second-order valence-corrected chi connectivity index (χ2v) is 6.17. The first-order chi connectivity index (χ1) is 9.93. The number of halogens is 4. The van der Waals surface area contributed by atoms with Gasteiger partial charge < -0.3 is 10.2 Å². The molecule has 0 aliphatic carbocycles. The summed E-state index contributed by atoms with van der Waals surface area (Å²) in [6.07, 6.45) is 0.752. The maximum atomic E-state index is 13.3. The van der Waals surface area contributed by atoms with Gasteiger partial charge in [-0.15, -0.1) is 0 Å². The number of nitrogens with zero attached hydrogens (tertiary/aromatic N) is 2. The minimum Gasteiger partial charge on any atom is -0.353 e. The summed E-state index contributed by atoms with van der Waals surface area (Å²) in [7, 11) is 1.85. The van der Waals surface area contributed by atoms with Crippen molar-refractivity contribution >= 4 is 21.7 Å². The Labute approximate surface area is 131 Å². The molecule has 1 saturated heterocycles. The fourth-order valence-corrected chi connectivity index (χ4v) is 3.09. The minimum atomic E-state index is -4.39. The van der Waals surface area contributed by atoms with Crippen molar-refractivity contribution in [3.05, 3.63) is 22.3 Å². The molecular weight excluding hydrogens is 347 g/mol. The van der Waals surface area contributed by atoms with Crippen molar-refractivity contribution in [1.29, 1.82) is 0 Å². The molecule has 0 spiro atoms. The van der Waals surface area contributed by atoms with E-state index in [0.29, 0.717) is 11.0 Å². The Morgan fingerprint density at radius 2 is 2.19 bits per heavy atom. The highest BCUT2D eigenvalue weighted by Gasteiger charge is 2.38. The fraction of sp³-hybridized carbons (Fsp3) is 0.643. The van der Waals surface area contributed by atoms with Crippen LogP contribution in [0.25, 0.3) is 0 Å². The summed E-state index contributed by atoms with van der Waals surface area (Å²) >= 11 is 3.08.